The molecule has 166 valence electrons. The summed E-state index contributed by atoms with van der Waals surface area (Å²) in [5, 5.41) is 3.62. The Hall–Kier alpha value is -2.54. The number of hydrogen-bond donors (Lipinski definition) is 1. The van der Waals surface area contributed by atoms with E-state index in [-0.39, 0.29) is 11.6 Å². The third-order valence-electron chi connectivity index (χ3n) is 7.23. The number of hydrogen-bond acceptors (Lipinski definition) is 5. The molecule has 0 radical (unpaired) electrons. The number of nitrogens with one attached hydrogen (secondary N) is 1. The zero-order valence-corrected chi connectivity index (χ0v) is 18.9. The van der Waals surface area contributed by atoms with Crippen molar-refractivity contribution in [2.45, 2.75) is 56.6 Å². The number of nitrogens with zero attached hydrogens (tertiary/aromatic N) is 3. The predicted molar refractivity (Wildman–Crippen MR) is 118 cm³/mol. The molecule has 31 heavy (non-hydrogen) atoms. The van der Waals surface area contributed by atoms with Crippen molar-refractivity contribution in [3.63, 3.8) is 0 Å². The number of imidazole rings is 1. The molecule has 4 heterocycles. The highest BCUT2D eigenvalue weighted by Crippen LogP contribution is 2.50. The number of fused-ring (bicyclic) bond motifs is 4. The molecule has 0 unspecified atom stereocenters. The molecule has 7 nitrogen and oxygen atoms in total. The highest BCUT2D eigenvalue weighted by Gasteiger charge is 2.48. The Balaban J connectivity index is 1.58. The number of piperidine rings is 2. The second-order valence-electron chi connectivity index (χ2n) is 9.78. The number of ether oxygens (including phenoxy) is 2. The van der Waals surface area contributed by atoms with Gasteiger partial charge in [0, 0.05) is 50.0 Å². The lowest BCUT2D eigenvalue weighted by molar-refractivity contribution is -0.00846. The molecule has 1 amide bonds. The summed E-state index contributed by atoms with van der Waals surface area (Å²) in [5.74, 6) is 2.44. The van der Waals surface area contributed by atoms with Gasteiger partial charge in [-0.1, -0.05) is 12.1 Å². The maximum absolute atomic E-state index is 12.1. The Morgan fingerprint density at radius 3 is 2.71 bits per heavy atom. The van der Waals surface area contributed by atoms with E-state index < -0.39 is 5.60 Å². The number of carbonyl (C=O) groups excluding carboxylic acids is 1. The summed E-state index contributed by atoms with van der Waals surface area (Å²) in [4.78, 5) is 19.1. The van der Waals surface area contributed by atoms with E-state index in [0.29, 0.717) is 19.0 Å². The van der Waals surface area contributed by atoms with Crippen LogP contribution in [0.15, 0.2) is 24.3 Å². The maximum Gasteiger partial charge on any atom is 0.409 e. The fraction of sp³-hybridized carbons (Fsp3) is 0.583. The highest BCUT2D eigenvalue weighted by molar-refractivity contribution is 5.73. The second kappa shape index (κ2) is 7.26. The van der Waals surface area contributed by atoms with Gasteiger partial charge in [0.2, 0.25) is 0 Å². The lowest BCUT2D eigenvalue weighted by Gasteiger charge is -2.44. The summed E-state index contributed by atoms with van der Waals surface area (Å²) in [6, 6.07) is 8.20. The smallest absolute Gasteiger partial charge is 0.409 e. The van der Waals surface area contributed by atoms with E-state index in [1.807, 2.05) is 18.2 Å². The zero-order chi connectivity index (χ0) is 21.8. The number of amides is 1. The monoisotopic (exact) mass is 424 g/mol. The summed E-state index contributed by atoms with van der Waals surface area (Å²) in [6.07, 6.45) is 3.32. The molecule has 2 saturated heterocycles. The van der Waals surface area contributed by atoms with Gasteiger partial charge in [-0.3, -0.25) is 0 Å². The van der Waals surface area contributed by atoms with E-state index in [4.69, 9.17) is 14.5 Å². The van der Waals surface area contributed by atoms with Crippen molar-refractivity contribution in [1.82, 2.24) is 19.8 Å². The predicted octanol–water partition coefficient (Wildman–Crippen LogP) is 3.78. The second-order valence-corrected chi connectivity index (χ2v) is 9.78. The van der Waals surface area contributed by atoms with Gasteiger partial charge in [0.15, 0.2) is 5.60 Å². The molecule has 0 bridgehead atoms. The fourth-order valence-corrected chi connectivity index (χ4v) is 5.71. The van der Waals surface area contributed by atoms with E-state index in [0.717, 1.165) is 60.8 Å². The van der Waals surface area contributed by atoms with Crippen LogP contribution in [0.1, 0.15) is 57.0 Å². The molecule has 1 aromatic carbocycles. The molecule has 7 heteroatoms. The molecule has 3 aliphatic rings. The molecule has 1 atom stereocenters. The fourth-order valence-electron chi connectivity index (χ4n) is 5.71. The SMILES string of the molecule is COC(=O)N1CCC2(CC1)Oc1ccccc1-c1nc([C@@H]3CCNC(C)(C)C3)n(C)c12. The molecule has 0 aliphatic carbocycles. The molecular formula is C24H32N4O3. The van der Waals surface area contributed by atoms with E-state index >= 15 is 0 Å². The Morgan fingerprint density at radius 1 is 1.26 bits per heavy atom. The van der Waals surface area contributed by atoms with Crippen molar-refractivity contribution in [1.29, 1.82) is 0 Å². The topological polar surface area (TPSA) is 68.6 Å². The van der Waals surface area contributed by atoms with Crippen LogP contribution in [0.5, 0.6) is 5.75 Å². The first kappa shape index (κ1) is 20.4. The van der Waals surface area contributed by atoms with E-state index in [1.54, 1.807) is 4.90 Å². The quantitative estimate of drug-likeness (QED) is 0.755. The van der Waals surface area contributed by atoms with E-state index in [1.165, 1.54) is 7.11 Å². The van der Waals surface area contributed by atoms with Crippen LogP contribution >= 0.6 is 0 Å². The Morgan fingerprint density at radius 2 is 2.00 bits per heavy atom. The lowest BCUT2D eigenvalue weighted by atomic mass is 9.83. The van der Waals surface area contributed by atoms with Gasteiger partial charge in [0.1, 0.15) is 11.6 Å². The molecule has 0 saturated carbocycles. The van der Waals surface area contributed by atoms with Crippen LogP contribution in [-0.2, 0) is 17.4 Å². The van der Waals surface area contributed by atoms with Crippen molar-refractivity contribution in [3.05, 3.63) is 35.8 Å². The first-order valence-corrected chi connectivity index (χ1v) is 11.3. The van der Waals surface area contributed by atoms with Crippen LogP contribution in [-0.4, -0.2) is 52.8 Å². The summed E-state index contributed by atoms with van der Waals surface area (Å²) in [6.45, 7) is 6.75. The summed E-state index contributed by atoms with van der Waals surface area (Å²) < 4.78 is 14.0. The van der Waals surface area contributed by atoms with Gasteiger partial charge < -0.3 is 24.3 Å². The highest BCUT2D eigenvalue weighted by atomic mass is 16.5. The number of methoxy groups -OCH3 is 1. The van der Waals surface area contributed by atoms with E-state index in [9.17, 15) is 4.79 Å². The number of para-hydroxylation sites is 1. The minimum Gasteiger partial charge on any atom is -0.480 e. The minimum absolute atomic E-state index is 0.104. The third kappa shape index (κ3) is 3.30. The number of rotatable bonds is 1. The standard InChI is InChI=1S/C24H32N4O3/c1-23(2)15-16(9-12-25-23)21-26-19-17-7-5-6-8-18(17)31-24(20(19)27(21)3)10-13-28(14-11-24)22(29)30-4/h5-8,16,25H,9-15H2,1-4H3/t16-/m1/s1. The Labute approximate surface area is 183 Å². The van der Waals surface area contributed by atoms with E-state index in [2.05, 4.69) is 36.8 Å². The van der Waals surface area contributed by atoms with Gasteiger partial charge in [0.05, 0.1) is 18.5 Å². The first-order valence-electron chi connectivity index (χ1n) is 11.3. The van der Waals surface area contributed by atoms with Crippen LogP contribution < -0.4 is 10.1 Å². The number of likely N-dealkylation sites (tertiary alicyclic amines) is 1. The van der Waals surface area contributed by atoms with Gasteiger partial charge in [-0.15, -0.1) is 0 Å². The molecule has 2 fully saturated rings. The van der Waals surface area contributed by atoms with Gasteiger partial charge in [-0.05, 0) is 45.4 Å². The van der Waals surface area contributed by atoms with Gasteiger partial charge in [0.25, 0.3) is 0 Å². The molecule has 5 rings (SSSR count). The Kier molecular flexibility index (Phi) is 4.77. The lowest BCUT2D eigenvalue weighted by Crippen LogP contribution is -2.50. The Bertz CT molecular complexity index is 1000. The molecule has 1 spiro atoms. The van der Waals surface area contributed by atoms with Crippen molar-refractivity contribution >= 4 is 6.09 Å². The van der Waals surface area contributed by atoms with Crippen LogP contribution in [0.2, 0.25) is 0 Å². The van der Waals surface area contributed by atoms with Crippen molar-refractivity contribution in [2.24, 2.45) is 7.05 Å². The number of benzene rings is 1. The summed E-state index contributed by atoms with van der Waals surface area (Å²) in [5.41, 5.74) is 2.89. The molecule has 1 N–H and O–H groups in total. The molecule has 2 aromatic rings. The zero-order valence-electron chi connectivity index (χ0n) is 18.9. The number of aromatic nitrogens is 2. The van der Waals surface area contributed by atoms with Crippen molar-refractivity contribution < 1.29 is 14.3 Å². The van der Waals surface area contributed by atoms with Crippen LogP contribution in [0.4, 0.5) is 4.79 Å². The maximum atomic E-state index is 12.1. The molecule has 1 aromatic heterocycles. The number of carbonyl (C=O) groups is 1. The largest absolute Gasteiger partial charge is 0.480 e. The summed E-state index contributed by atoms with van der Waals surface area (Å²) >= 11 is 0. The van der Waals surface area contributed by atoms with Crippen molar-refractivity contribution in [2.75, 3.05) is 26.7 Å². The van der Waals surface area contributed by atoms with Gasteiger partial charge in [-0.25, -0.2) is 9.78 Å². The van der Waals surface area contributed by atoms with Crippen LogP contribution in [0.3, 0.4) is 0 Å². The van der Waals surface area contributed by atoms with Gasteiger partial charge in [-0.2, -0.15) is 0 Å². The molecular weight excluding hydrogens is 392 g/mol. The first-order chi connectivity index (χ1) is 14.8. The summed E-state index contributed by atoms with van der Waals surface area (Å²) in [7, 11) is 3.58. The average molecular weight is 425 g/mol. The average Bonchev–Trinajstić information content (AvgIpc) is 3.12. The van der Waals surface area contributed by atoms with Crippen LogP contribution in [0, 0.1) is 0 Å². The third-order valence-corrected chi connectivity index (χ3v) is 7.23. The normalized spacial score (nSPS) is 23.6. The minimum atomic E-state index is -0.476. The molecule has 3 aliphatic heterocycles. The van der Waals surface area contributed by atoms with Gasteiger partial charge >= 0.3 is 6.09 Å². The van der Waals surface area contributed by atoms with Crippen molar-refractivity contribution in [3.8, 4) is 17.0 Å². The van der Waals surface area contributed by atoms with Crippen LogP contribution in [0.25, 0.3) is 11.3 Å².